The van der Waals surface area contributed by atoms with Gasteiger partial charge in [-0.25, -0.2) is 4.68 Å². The molecule has 0 atom stereocenters. The lowest BCUT2D eigenvalue weighted by Crippen LogP contribution is -2.44. The SMILES string of the molecule is CC.Cc1cnn(CCN2CCNCC2)c1N(C)C.[HH]. The minimum Gasteiger partial charge on any atom is -0.363 e. The first-order chi connectivity index (χ1) is 9.18. The van der Waals surface area contributed by atoms with E-state index in [1.807, 2.05) is 20.0 Å². The fourth-order valence-corrected chi connectivity index (χ4v) is 2.39. The number of aryl methyl sites for hydroxylation is 1. The summed E-state index contributed by atoms with van der Waals surface area (Å²) < 4.78 is 2.11. The molecule has 0 aromatic carbocycles. The minimum atomic E-state index is 0. The molecule has 0 aliphatic carbocycles. The molecule has 1 aromatic heterocycles. The number of anilines is 1. The zero-order chi connectivity index (χ0) is 14.3. The smallest absolute Gasteiger partial charge is 0.129 e. The molecule has 0 bridgehead atoms. The molecule has 112 valence electrons. The second-order valence-corrected chi connectivity index (χ2v) is 4.86. The van der Waals surface area contributed by atoms with Crippen molar-refractivity contribution in [3.8, 4) is 0 Å². The molecule has 1 aliphatic heterocycles. The summed E-state index contributed by atoms with van der Waals surface area (Å²) in [6.45, 7) is 12.7. The summed E-state index contributed by atoms with van der Waals surface area (Å²) in [5, 5.41) is 7.83. The van der Waals surface area contributed by atoms with Crippen LogP contribution < -0.4 is 10.2 Å². The molecule has 0 radical (unpaired) electrons. The van der Waals surface area contributed by atoms with E-state index in [1.165, 1.54) is 11.4 Å². The van der Waals surface area contributed by atoms with Crippen LogP contribution >= 0.6 is 0 Å². The normalized spacial score (nSPS) is 15.8. The first-order valence-corrected chi connectivity index (χ1v) is 7.31. The van der Waals surface area contributed by atoms with Gasteiger partial charge in [0.2, 0.25) is 0 Å². The quantitative estimate of drug-likeness (QED) is 0.897. The Bertz CT molecular complexity index is 358. The van der Waals surface area contributed by atoms with E-state index in [0.717, 1.165) is 39.3 Å². The predicted molar refractivity (Wildman–Crippen MR) is 84.1 cm³/mol. The Kier molecular flexibility index (Phi) is 6.87. The van der Waals surface area contributed by atoms with Crippen LogP contribution in [0.4, 0.5) is 5.82 Å². The molecule has 0 unspecified atom stereocenters. The highest BCUT2D eigenvalue weighted by molar-refractivity contribution is 5.44. The number of hydrogen-bond donors (Lipinski definition) is 1. The Morgan fingerprint density at radius 1 is 1.26 bits per heavy atom. The Morgan fingerprint density at radius 2 is 1.89 bits per heavy atom. The molecule has 2 heterocycles. The van der Waals surface area contributed by atoms with Gasteiger partial charge in [-0.3, -0.25) is 4.90 Å². The number of nitrogens with zero attached hydrogens (tertiary/aromatic N) is 4. The van der Waals surface area contributed by atoms with Crippen LogP contribution in [0, 0.1) is 6.92 Å². The van der Waals surface area contributed by atoms with Gasteiger partial charge in [-0.1, -0.05) is 13.8 Å². The van der Waals surface area contributed by atoms with Crippen molar-refractivity contribution in [2.24, 2.45) is 0 Å². The van der Waals surface area contributed by atoms with Crippen molar-refractivity contribution < 1.29 is 1.43 Å². The molecule has 0 saturated carbocycles. The van der Waals surface area contributed by atoms with Gasteiger partial charge in [0.25, 0.3) is 0 Å². The number of piperazine rings is 1. The van der Waals surface area contributed by atoms with Crippen LogP contribution in [0.25, 0.3) is 0 Å². The van der Waals surface area contributed by atoms with Gasteiger partial charge in [0.15, 0.2) is 0 Å². The van der Waals surface area contributed by atoms with Crippen LogP contribution in [0.15, 0.2) is 6.20 Å². The number of hydrogen-bond acceptors (Lipinski definition) is 4. The van der Waals surface area contributed by atoms with Crippen LogP contribution in [0.1, 0.15) is 20.8 Å². The molecule has 1 aromatic rings. The molecular weight excluding hydrogens is 238 g/mol. The van der Waals surface area contributed by atoms with Crippen LogP contribution in [0.2, 0.25) is 0 Å². The van der Waals surface area contributed by atoms with Crippen molar-refractivity contribution in [2.45, 2.75) is 27.3 Å². The molecule has 1 saturated heterocycles. The third-order valence-corrected chi connectivity index (χ3v) is 3.25. The third-order valence-electron chi connectivity index (χ3n) is 3.25. The van der Waals surface area contributed by atoms with E-state index in [1.54, 1.807) is 0 Å². The highest BCUT2D eigenvalue weighted by Crippen LogP contribution is 2.16. The van der Waals surface area contributed by atoms with E-state index in [2.05, 4.69) is 45.9 Å². The molecule has 1 fully saturated rings. The molecular formula is C14H31N5. The average Bonchev–Trinajstić information content (AvgIpc) is 2.81. The first-order valence-electron chi connectivity index (χ1n) is 7.31. The van der Waals surface area contributed by atoms with Gasteiger partial charge >= 0.3 is 0 Å². The van der Waals surface area contributed by atoms with E-state index >= 15 is 0 Å². The van der Waals surface area contributed by atoms with Gasteiger partial charge in [0.1, 0.15) is 5.82 Å². The van der Waals surface area contributed by atoms with E-state index in [9.17, 15) is 0 Å². The Morgan fingerprint density at radius 3 is 2.47 bits per heavy atom. The van der Waals surface area contributed by atoms with Gasteiger partial charge < -0.3 is 10.2 Å². The van der Waals surface area contributed by atoms with Gasteiger partial charge in [-0.2, -0.15) is 5.10 Å². The molecule has 1 aliphatic rings. The number of rotatable bonds is 4. The van der Waals surface area contributed by atoms with Gasteiger partial charge in [0, 0.05) is 53.8 Å². The van der Waals surface area contributed by atoms with E-state index in [0.29, 0.717) is 0 Å². The third kappa shape index (κ3) is 4.51. The lowest BCUT2D eigenvalue weighted by atomic mass is 10.3. The predicted octanol–water partition coefficient (Wildman–Crippen LogP) is 1.43. The molecule has 0 spiro atoms. The standard InChI is InChI=1S/C12H23N5.C2H6.H2/c1-11-10-14-17(12(11)15(2)3)9-8-16-6-4-13-5-7-16;1-2;/h10,13H,4-9H2,1-3H3;1-2H3;1H. The maximum absolute atomic E-state index is 4.45. The zero-order valence-corrected chi connectivity index (χ0v) is 13.1. The Balaban J connectivity index is 0.00000115. The molecule has 5 nitrogen and oxygen atoms in total. The highest BCUT2D eigenvalue weighted by Gasteiger charge is 2.12. The second kappa shape index (κ2) is 8.17. The summed E-state index contributed by atoms with van der Waals surface area (Å²) in [5.74, 6) is 1.22. The monoisotopic (exact) mass is 269 g/mol. The van der Waals surface area contributed by atoms with Crippen molar-refractivity contribution in [1.82, 2.24) is 20.0 Å². The van der Waals surface area contributed by atoms with E-state index in [-0.39, 0.29) is 1.43 Å². The average molecular weight is 269 g/mol. The topological polar surface area (TPSA) is 36.3 Å². The van der Waals surface area contributed by atoms with Crippen molar-refractivity contribution in [2.75, 3.05) is 51.7 Å². The summed E-state index contributed by atoms with van der Waals surface area (Å²) in [6.07, 6.45) is 1.95. The van der Waals surface area contributed by atoms with Crippen molar-refractivity contribution in [1.29, 1.82) is 0 Å². The maximum atomic E-state index is 4.45. The number of nitrogens with one attached hydrogen (secondary N) is 1. The zero-order valence-electron chi connectivity index (χ0n) is 13.1. The molecule has 0 amide bonds. The van der Waals surface area contributed by atoms with E-state index in [4.69, 9.17) is 0 Å². The Labute approximate surface area is 119 Å². The summed E-state index contributed by atoms with van der Waals surface area (Å²) in [7, 11) is 4.15. The largest absolute Gasteiger partial charge is 0.363 e. The molecule has 2 rings (SSSR count). The van der Waals surface area contributed by atoms with Crippen LogP contribution in [-0.2, 0) is 6.54 Å². The number of aromatic nitrogens is 2. The van der Waals surface area contributed by atoms with Gasteiger partial charge in [-0.05, 0) is 6.92 Å². The first kappa shape index (κ1) is 16.0. The van der Waals surface area contributed by atoms with Crippen LogP contribution in [-0.4, -0.2) is 61.5 Å². The van der Waals surface area contributed by atoms with Crippen LogP contribution in [0.5, 0.6) is 0 Å². The minimum absolute atomic E-state index is 0. The summed E-state index contributed by atoms with van der Waals surface area (Å²) in [4.78, 5) is 4.63. The van der Waals surface area contributed by atoms with Crippen molar-refractivity contribution >= 4 is 5.82 Å². The van der Waals surface area contributed by atoms with Gasteiger partial charge in [-0.15, -0.1) is 0 Å². The highest BCUT2D eigenvalue weighted by atomic mass is 15.4. The summed E-state index contributed by atoms with van der Waals surface area (Å²) in [6, 6.07) is 0. The molecule has 19 heavy (non-hydrogen) atoms. The van der Waals surface area contributed by atoms with Crippen LogP contribution in [0.3, 0.4) is 0 Å². The second-order valence-electron chi connectivity index (χ2n) is 4.86. The maximum Gasteiger partial charge on any atom is 0.129 e. The summed E-state index contributed by atoms with van der Waals surface area (Å²) in [5.41, 5.74) is 1.25. The lowest BCUT2D eigenvalue weighted by molar-refractivity contribution is 0.229. The van der Waals surface area contributed by atoms with Crippen molar-refractivity contribution in [3.63, 3.8) is 0 Å². The molecule has 1 N–H and O–H groups in total. The fourth-order valence-electron chi connectivity index (χ4n) is 2.39. The summed E-state index contributed by atoms with van der Waals surface area (Å²) >= 11 is 0. The molecule has 5 heteroatoms. The Hall–Kier alpha value is -1.07. The van der Waals surface area contributed by atoms with Crippen molar-refractivity contribution in [3.05, 3.63) is 11.8 Å². The van der Waals surface area contributed by atoms with E-state index < -0.39 is 0 Å². The van der Waals surface area contributed by atoms with Gasteiger partial charge in [0.05, 0.1) is 12.7 Å². The lowest BCUT2D eigenvalue weighted by Gasteiger charge is -2.27. The fraction of sp³-hybridized carbons (Fsp3) is 0.786.